The van der Waals surface area contributed by atoms with Crippen molar-refractivity contribution in [3.63, 3.8) is 0 Å². The Bertz CT molecular complexity index is 1390. The molecule has 2 N–H and O–H groups in total. The number of nitrogens with one attached hydrogen (secondary N) is 1. The van der Waals surface area contributed by atoms with Crippen LogP contribution >= 0.6 is 27.5 Å². The second-order valence-electron chi connectivity index (χ2n) is 6.32. The van der Waals surface area contributed by atoms with E-state index in [2.05, 4.69) is 25.6 Å². The molecule has 0 spiro atoms. The van der Waals surface area contributed by atoms with E-state index in [-0.39, 0.29) is 21.4 Å². The number of carbonyl (C=O) groups is 1. The van der Waals surface area contributed by atoms with Crippen molar-refractivity contribution >= 4 is 54.9 Å². The fourth-order valence-corrected chi connectivity index (χ4v) is 5.07. The van der Waals surface area contributed by atoms with Gasteiger partial charge in [-0.25, -0.2) is 9.78 Å². The summed E-state index contributed by atoms with van der Waals surface area (Å²) in [7, 11) is -4.26. The number of nitrogens with zero attached hydrogens (tertiary/aromatic N) is 2. The highest BCUT2D eigenvalue weighted by atomic mass is 79.9. The summed E-state index contributed by atoms with van der Waals surface area (Å²) in [6, 6.07) is 17.0. The number of imidazole rings is 1. The Morgan fingerprint density at radius 1 is 1.07 bits per heavy atom. The maximum Gasteiger partial charge on any atom is 0.337 e. The number of carboxylic acid groups (broad SMARTS) is 1. The molecule has 0 saturated heterocycles. The highest BCUT2D eigenvalue weighted by Crippen LogP contribution is 2.30. The Morgan fingerprint density at radius 2 is 1.80 bits per heavy atom. The van der Waals surface area contributed by atoms with Crippen LogP contribution < -0.4 is 4.72 Å². The van der Waals surface area contributed by atoms with Gasteiger partial charge in [0.2, 0.25) is 0 Å². The molecule has 30 heavy (non-hydrogen) atoms. The standard InChI is InChI=1S/C20H13BrClN3O4S/c21-14-7-9-17-23-18(22)19(25(17)11-14)30(28,29)24-16-10-13(6-8-15(16)20(26)27)12-4-2-1-3-5-12/h1-11,24H,(H,26,27). The van der Waals surface area contributed by atoms with Crippen molar-refractivity contribution in [2.45, 2.75) is 5.03 Å². The Balaban J connectivity index is 1.84. The van der Waals surface area contributed by atoms with Crippen molar-refractivity contribution in [3.8, 4) is 11.1 Å². The van der Waals surface area contributed by atoms with Gasteiger partial charge in [-0.05, 0) is 51.3 Å². The number of benzene rings is 2. The third kappa shape index (κ3) is 3.79. The zero-order valence-electron chi connectivity index (χ0n) is 15.1. The van der Waals surface area contributed by atoms with Crippen LogP contribution in [0.5, 0.6) is 0 Å². The van der Waals surface area contributed by atoms with Gasteiger partial charge in [-0.3, -0.25) is 9.12 Å². The molecule has 0 aliphatic rings. The fraction of sp³-hybridized carbons (Fsp3) is 0. The Labute approximate surface area is 185 Å². The van der Waals surface area contributed by atoms with Crippen LogP contribution in [0.2, 0.25) is 5.15 Å². The number of aromatic nitrogens is 2. The molecule has 0 aliphatic heterocycles. The highest BCUT2D eigenvalue weighted by molar-refractivity contribution is 9.10. The van der Waals surface area contributed by atoms with Gasteiger partial charge in [0.1, 0.15) is 5.65 Å². The lowest BCUT2D eigenvalue weighted by Gasteiger charge is -2.13. The number of rotatable bonds is 5. The molecule has 4 aromatic rings. The van der Waals surface area contributed by atoms with Gasteiger partial charge >= 0.3 is 5.97 Å². The number of halogens is 2. The van der Waals surface area contributed by atoms with Gasteiger partial charge in [0.15, 0.2) is 10.2 Å². The first-order valence-corrected chi connectivity index (χ1v) is 11.2. The maximum absolute atomic E-state index is 13.2. The summed E-state index contributed by atoms with van der Waals surface area (Å²) in [5.41, 5.74) is 1.53. The second-order valence-corrected chi connectivity index (χ2v) is 9.19. The van der Waals surface area contributed by atoms with Crippen LogP contribution in [-0.4, -0.2) is 28.9 Å². The van der Waals surface area contributed by atoms with Crippen molar-refractivity contribution in [2.75, 3.05) is 4.72 Å². The van der Waals surface area contributed by atoms with Gasteiger partial charge in [-0.15, -0.1) is 0 Å². The first kappa shape index (κ1) is 20.4. The molecule has 2 heterocycles. The van der Waals surface area contributed by atoms with Crippen LogP contribution in [0.3, 0.4) is 0 Å². The molecule has 0 radical (unpaired) electrons. The van der Waals surface area contributed by atoms with Crippen molar-refractivity contribution in [2.24, 2.45) is 0 Å². The van der Waals surface area contributed by atoms with Crippen molar-refractivity contribution in [1.29, 1.82) is 0 Å². The van der Waals surface area contributed by atoms with E-state index in [0.717, 1.165) is 5.56 Å². The van der Waals surface area contributed by atoms with E-state index in [0.29, 0.717) is 15.7 Å². The number of fused-ring (bicyclic) bond motifs is 1. The summed E-state index contributed by atoms with van der Waals surface area (Å²) in [6.45, 7) is 0. The van der Waals surface area contributed by atoms with Gasteiger partial charge in [0.25, 0.3) is 10.0 Å². The van der Waals surface area contributed by atoms with Crippen LogP contribution in [0, 0.1) is 0 Å². The highest BCUT2D eigenvalue weighted by Gasteiger charge is 2.26. The first-order chi connectivity index (χ1) is 14.3. The third-order valence-electron chi connectivity index (χ3n) is 4.35. The lowest BCUT2D eigenvalue weighted by Crippen LogP contribution is -2.17. The van der Waals surface area contributed by atoms with Crippen LogP contribution in [0.4, 0.5) is 5.69 Å². The van der Waals surface area contributed by atoms with E-state index in [9.17, 15) is 18.3 Å². The van der Waals surface area contributed by atoms with Crippen LogP contribution in [-0.2, 0) is 10.0 Å². The Kier molecular flexibility index (Phi) is 5.27. The number of anilines is 1. The summed E-state index contributed by atoms with van der Waals surface area (Å²) >= 11 is 9.41. The quantitative estimate of drug-likeness (QED) is 0.400. The summed E-state index contributed by atoms with van der Waals surface area (Å²) in [6.07, 6.45) is 1.52. The minimum atomic E-state index is -4.26. The molecule has 0 saturated carbocycles. The van der Waals surface area contributed by atoms with E-state index in [1.54, 1.807) is 18.2 Å². The molecule has 0 atom stereocenters. The van der Waals surface area contributed by atoms with E-state index < -0.39 is 16.0 Å². The van der Waals surface area contributed by atoms with E-state index >= 15 is 0 Å². The molecule has 0 aliphatic carbocycles. The number of pyridine rings is 1. The van der Waals surface area contributed by atoms with Gasteiger partial charge in [0.05, 0.1) is 11.3 Å². The lowest BCUT2D eigenvalue weighted by atomic mass is 10.0. The summed E-state index contributed by atoms with van der Waals surface area (Å²) in [5, 5.41) is 9.02. The molecule has 7 nitrogen and oxygen atoms in total. The van der Waals surface area contributed by atoms with Crippen molar-refractivity contribution < 1.29 is 18.3 Å². The number of aromatic carboxylic acids is 1. The molecule has 0 unspecified atom stereocenters. The molecule has 2 aromatic heterocycles. The molecule has 2 aromatic carbocycles. The molecular weight excluding hydrogens is 494 g/mol. The lowest BCUT2D eigenvalue weighted by molar-refractivity contribution is 0.0698. The molecule has 10 heteroatoms. The van der Waals surface area contributed by atoms with Gasteiger partial charge in [0, 0.05) is 10.7 Å². The van der Waals surface area contributed by atoms with E-state index in [1.807, 2.05) is 30.3 Å². The SMILES string of the molecule is O=C(O)c1ccc(-c2ccccc2)cc1NS(=O)(=O)c1c(Cl)nc2ccc(Br)cn12. The smallest absolute Gasteiger partial charge is 0.337 e. The number of sulfonamides is 1. The number of carboxylic acids is 1. The van der Waals surface area contributed by atoms with Crippen molar-refractivity contribution in [1.82, 2.24) is 9.38 Å². The molecular formula is C20H13BrClN3O4S. The summed E-state index contributed by atoms with van der Waals surface area (Å²) in [4.78, 5) is 15.7. The van der Waals surface area contributed by atoms with Gasteiger partial charge in [-0.1, -0.05) is 48.0 Å². The predicted octanol–water partition coefficient (Wildman–Crippen LogP) is 4.92. The van der Waals surface area contributed by atoms with Crippen LogP contribution in [0.1, 0.15) is 10.4 Å². The third-order valence-corrected chi connectivity index (χ3v) is 6.59. The second kappa shape index (κ2) is 7.75. The first-order valence-electron chi connectivity index (χ1n) is 8.55. The topological polar surface area (TPSA) is 101 Å². The largest absolute Gasteiger partial charge is 0.478 e. The zero-order chi connectivity index (χ0) is 21.5. The summed E-state index contributed by atoms with van der Waals surface area (Å²) in [5.74, 6) is -1.26. The maximum atomic E-state index is 13.2. The average molecular weight is 507 g/mol. The Morgan fingerprint density at radius 3 is 2.50 bits per heavy atom. The van der Waals surface area contributed by atoms with Gasteiger partial charge < -0.3 is 5.11 Å². The number of hydrogen-bond donors (Lipinski definition) is 2. The average Bonchev–Trinajstić information content (AvgIpc) is 3.03. The predicted molar refractivity (Wildman–Crippen MR) is 118 cm³/mol. The minimum Gasteiger partial charge on any atom is -0.478 e. The molecule has 0 bridgehead atoms. The van der Waals surface area contributed by atoms with Crippen molar-refractivity contribution in [3.05, 3.63) is 82.0 Å². The van der Waals surface area contributed by atoms with E-state index in [1.165, 1.54) is 22.7 Å². The van der Waals surface area contributed by atoms with Crippen LogP contribution in [0.15, 0.2) is 76.4 Å². The zero-order valence-corrected chi connectivity index (χ0v) is 18.2. The van der Waals surface area contributed by atoms with Crippen LogP contribution in [0.25, 0.3) is 16.8 Å². The normalized spacial score (nSPS) is 11.5. The molecule has 0 amide bonds. The monoisotopic (exact) mass is 505 g/mol. The number of hydrogen-bond acceptors (Lipinski definition) is 4. The fourth-order valence-electron chi connectivity index (χ4n) is 3.03. The van der Waals surface area contributed by atoms with Gasteiger partial charge in [-0.2, -0.15) is 8.42 Å². The molecule has 0 fully saturated rings. The van der Waals surface area contributed by atoms with E-state index in [4.69, 9.17) is 11.6 Å². The molecule has 152 valence electrons. The summed E-state index contributed by atoms with van der Waals surface area (Å²) < 4.78 is 30.6. The Hall–Kier alpha value is -2.88. The minimum absolute atomic E-state index is 0.0788. The molecule has 4 rings (SSSR count).